The first-order chi connectivity index (χ1) is 7.56. The molecule has 1 N–H and O–H groups in total. The van der Waals surface area contributed by atoms with Gasteiger partial charge in [-0.15, -0.1) is 10.2 Å². The molecule has 0 bridgehead atoms. The summed E-state index contributed by atoms with van der Waals surface area (Å²) < 4.78 is 7.32. The van der Waals surface area contributed by atoms with Crippen molar-refractivity contribution >= 4 is 0 Å². The molecule has 1 aromatic rings. The monoisotopic (exact) mass is 226 g/mol. The van der Waals surface area contributed by atoms with E-state index >= 15 is 0 Å². The molecule has 0 amide bonds. The fourth-order valence-corrected chi connectivity index (χ4v) is 1.45. The van der Waals surface area contributed by atoms with Crippen molar-refractivity contribution in [2.24, 2.45) is 0 Å². The average Bonchev–Trinajstić information content (AvgIpc) is 2.72. The molecule has 0 fully saturated rings. The van der Waals surface area contributed by atoms with Crippen molar-refractivity contribution in [3.8, 4) is 0 Å². The molecule has 2 atom stereocenters. The summed E-state index contributed by atoms with van der Waals surface area (Å²) in [5, 5.41) is 11.4. The van der Waals surface area contributed by atoms with Crippen LogP contribution in [0.3, 0.4) is 0 Å². The van der Waals surface area contributed by atoms with E-state index in [-0.39, 0.29) is 6.10 Å². The van der Waals surface area contributed by atoms with E-state index in [1.165, 1.54) is 0 Å². The SMILES string of the molecule is COC(C)C(C)NCc1nncn1C(C)C. The fourth-order valence-electron chi connectivity index (χ4n) is 1.45. The minimum Gasteiger partial charge on any atom is -0.380 e. The standard InChI is InChI=1S/C11H22N4O/c1-8(2)15-7-13-14-11(15)6-12-9(3)10(4)16-5/h7-10,12H,6H2,1-5H3. The second kappa shape index (κ2) is 5.96. The Bertz CT molecular complexity index is 311. The third-order valence-electron chi connectivity index (χ3n) is 2.86. The third kappa shape index (κ3) is 3.28. The van der Waals surface area contributed by atoms with Gasteiger partial charge in [0.25, 0.3) is 0 Å². The predicted octanol–water partition coefficient (Wildman–Crippen LogP) is 1.37. The van der Waals surface area contributed by atoms with Gasteiger partial charge in [0.1, 0.15) is 12.2 Å². The van der Waals surface area contributed by atoms with Crippen LogP contribution < -0.4 is 5.32 Å². The smallest absolute Gasteiger partial charge is 0.147 e. The van der Waals surface area contributed by atoms with Crippen LogP contribution in [0, 0.1) is 0 Å². The van der Waals surface area contributed by atoms with Gasteiger partial charge in [0, 0.05) is 19.2 Å². The van der Waals surface area contributed by atoms with Crippen molar-refractivity contribution in [1.82, 2.24) is 20.1 Å². The molecule has 1 heterocycles. The molecule has 0 aliphatic rings. The van der Waals surface area contributed by atoms with Crippen molar-refractivity contribution in [3.05, 3.63) is 12.2 Å². The Labute approximate surface area is 97.2 Å². The minimum atomic E-state index is 0.190. The summed E-state index contributed by atoms with van der Waals surface area (Å²) >= 11 is 0. The molecule has 16 heavy (non-hydrogen) atoms. The van der Waals surface area contributed by atoms with Crippen LogP contribution in [0.25, 0.3) is 0 Å². The van der Waals surface area contributed by atoms with Crippen LogP contribution >= 0.6 is 0 Å². The van der Waals surface area contributed by atoms with Gasteiger partial charge < -0.3 is 14.6 Å². The molecule has 2 unspecified atom stereocenters. The van der Waals surface area contributed by atoms with E-state index in [0.29, 0.717) is 18.6 Å². The number of nitrogens with zero attached hydrogens (tertiary/aromatic N) is 3. The lowest BCUT2D eigenvalue weighted by molar-refractivity contribution is 0.0878. The van der Waals surface area contributed by atoms with Gasteiger partial charge in [-0.3, -0.25) is 0 Å². The van der Waals surface area contributed by atoms with Crippen molar-refractivity contribution < 1.29 is 4.74 Å². The van der Waals surface area contributed by atoms with Crippen LogP contribution in [0.15, 0.2) is 6.33 Å². The van der Waals surface area contributed by atoms with E-state index in [1.54, 1.807) is 13.4 Å². The maximum absolute atomic E-state index is 5.25. The van der Waals surface area contributed by atoms with Gasteiger partial charge in [-0.2, -0.15) is 0 Å². The normalized spacial score (nSPS) is 15.4. The van der Waals surface area contributed by atoms with Gasteiger partial charge in [-0.25, -0.2) is 0 Å². The highest BCUT2D eigenvalue weighted by atomic mass is 16.5. The van der Waals surface area contributed by atoms with E-state index in [2.05, 4.69) is 40.9 Å². The van der Waals surface area contributed by atoms with Crippen LogP contribution in [0.5, 0.6) is 0 Å². The molecule has 1 aromatic heterocycles. The Morgan fingerprint density at radius 1 is 1.38 bits per heavy atom. The van der Waals surface area contributed by atoms with E-state index in [9.17, 15) is 0 Å². The topological polar surface area (TPSA) is 52.0 Å². The highest BCUT2D eigenvalue weighted by Crippen LogP contribution is 2.06. The zero-order valence-corrected chi connectivity index (χ0v) is 10.8. The van der Waals surface area contributed by atoms with Gasteiger partial charge in [-0.1, -0.05) is 0 Å². The second-order valence-electron chi connectivity index (χ2n) is 4.36. The Balaban J connectivity index is 2.51. The largest absolute Gasteiger partial charge is 0.380 e. The maximum atomic E-state index is 5.25. The molecule has 0 radical (unpaired) electrons. The van der Waals surface area contributed by atoms with E-state index in [4.69, 9.17) is 4.74 Å². The summed E-state index contributed by atoms with van der Waals surface area (Å²) in [6, 6.07) is 0.685. The summed E-state index contributed by atoms with van der Waals surface area (Å²) in [4.78, 5) is 0. The molecule has 0 aliphatic heterocycles. The molecular formula is C11H22N4O. The lowest BCUT2D eigenvalue weighted by Gasteiger charge is -2.20. The van der Waals surface area contributed by atoms with Crippen molar-refractivity contribution in [3.63, 3.8) is 0 Å². The molecule has 0 saturated heterocycles. The van der Waals surface area contributed by atoms with Gasteiger partial charge in [0.15, 0.2) is 0 Å². The third-order valence-corrected chi connectivity index (χ3v) is 2.86. The Morgan fingerprint density at radius 2 is 2.06 bits per heavy atom. The highest BCUT2D eigenvalue weighted by molar-refractivity contribution is 4.88. The Kier molecular flexibility index (Phi) is 4.89. The van der Waals surface area contributed by atoms with E-state index in [1.807, 2.05) is 6.92 Å². The van der Waals surface area contributed by atoms with Crippen LogP contribution in [-0.2, 0) is 11.3 Å². The molecule has 0 saturated carbocycles. The molecular weight excluding hydrogens is 204 g/mol. The number of ether oxygens (including phenoxy) is 1. The first-order valence-electron chi connectivity index (χ1n) is 5.70. The number of hydrogen-bond donors (Lipinski definition) is 1. The van der Waals surface area contributed by atoms with Crippen molar-refractivity contribution in [2.45, 2.75) is 52.4 Å². The van der Waals surface area contributed by atoms with Crippen LogP contribution in [0.4, 0.5) is 0 Å². The first kappa shape index (κ1) is 13.1. The highest BCUT2D eigenvalue weighted by Gasteiger charge is 2.12. The molecule has 0 spiro atoms. The Morgan fingerprint density at radius 3 is 2.62 bits per heavy atom. The maximum Gasteiger partial charge on any atom is 0.147 e. The number of nitrogens with one attached hydrogen (secondary N) is 1. The van der Waals surface area contributed by atoms with Crippen molar-refractivity contribution in [1.29, 1.82) is 0 Å². The molecule has 5 nitrogen and oxygen atoms in total. The lowest BCUT2D eigenvalue weighted by atomic mass is 10.2. The number of hydrogen-bond acceptors (Lipinski definition) is 4. The molecule has 5 heteroatoms. The summed E-state index contributed by atoms with van der Waals surface area (Å²) in [6.07, 6.45) is 1.96. The van der Waals surface area contributed by atoms with Gasteiger partial charge in [0.05, 0.1) is 12.6 Å². The quantitative estimate of drug-likeness (QED) is 0.796. The lowest BCUT2D eigenvalue weighted by Crippen LogP contribution is -2.36. The molecule has 0 aliphatic carbocycles. The van der Waals surface area contributed by atoms with Crippen molar-refractivity contribution in [2.75, 3.05) is 7.11 Å². The number of methoxy groups -OCH3 is 1. The summed E-state index contributed by atoms with van der Waals surface area (Å²) in [5.74, 6) is 0.963. The Hall–Kier alpha value is -0.940. The van der Waals surface area contributed by atoms with Gasteiger partial charge in [0.2, 0.25) is 0 Å². The van der Waals surface area contributed by atoms with Gasteiger partial charge in [-0.05, 0) is 27.7 Å². The average molecular weight is 226 g/mol. The molecule has 1 rings (SSSR count). The van der Waals surface area contributed by atoms with Gasteiger partial charge >= 0.3 is 0 Å². The predicted molar refractivity (Wildman–Crippen MR) is 63.2 cm³/mol. The van der Waals surface area contributed by atoms with Crippen LogP contribution in [0.2, 0.25) is 0 Å². The van der Waals surface area contributed by atoms with Crippen LogP contribution in [0.1, 0.15) is 39.6 Å². The zero-order chi connectivity index (χ0) is 12.1. The van der Waals surface area contributed by atoms with Crippen LogP contribution in [-0.4, -0.2) is 34.0 Å². The fraction of sp³-hybridized carbons (Fsp3) is 0.818. The minimum absolute atomic E-state index is 0.190. The summed E-state index contributed by atoms with van der Waals surface area (Å²) in [5.41, 5.74) is 0. The second-order valence-corrected chi connectivity index (χ2v) is 4.36. The number of aromatic nitrogens is 3. The number of rotatable bonds is 6. The first-order valence-corrected chi connectivity index (χ1v) is 5.70. The van der Waals surface area contributed by atoms with E-state index < -0.39 is 0 Å². The zero-order valence-electron chi connectivity index (χ0n) is 10.8. The molecule has 0 aromatic carbocycles. The summed E-state index contributed by atoms with van der Waals surface area (Å²) in [6.45, 7) is 9.10. The van der Waals surface area contributed by atoms with E-state index in [0.717, 1.165) is 5.82 Å². The molecule has 92 valence electrons. The summed E-state index contributed by atoms with van der Waals surface area (Å²) in [7, 11) is 1.72.